The highest BCUT2D eigenvalue weighted by Crippen LogP contribution is 2.43. The lowest BCUT2D eigenvalue weighted by molar-refractivity contribution is -0.246. The zero-order valence-corrected chi connectivity index (χ0v) is 19.0. The Hall–Kier alpha value is -3.17. The van der Waals surface area contributed by atoms with Crippen LogP contribution in [0.25, 0.3) is 11.2 Å². The summed E-state index contributed by atoms with van der Waals surface area (Å²) in [5.41, 5.74) is 5.17. The van der Waals surface area contributed by atoms with Crippen molar-refractivity contribution in [3.63, 3.8) is 0 Å². The highest BCUT2D eigenvalue weighted by Gasteiger charge is 2.49. The van der Waals surface area contributed by atoms with Crippen molar-refractivity contribution in [1.82, 2.24) is 19.1 Å². The normalized spacial score (nSPS) is 25.0. The van der Waals surface area contributed by atoms with Crippen LogP contribution in [-0.4, -0.2) is 76.1 Å². The van der Waals surface area contributed by atoms with E-state index in [1.807, 2.05) is 0 Å². The molecule has 1 fully saturated rings. The minimum absolute atomic E-state index is 0.0963. The number of hydrogen-bond acceptors (Lipinski definition) is 11. The first-order valence-corrected chi connectivity index (χ1v) is 11.7. The molecule has 6 N–H and O–H groups in total. The Kier molecular flexibility index (Phi) is 6.75. The first-order chi connectivity index (χ1) is 16.5. The number of phosphoric acid groups is 1. The van der Waals surface area contributed by atoms with E-state index in [1.54, 1.807) is 18.2 Å². The third kappa shape index (κ3) is 4.97. The lowest BCUT2D eigenvalue weighted by Crippen LogP contribution is -2.57. The highest BCUT2D eigenvalue weighted by atomic mass is 31.2. The van der Waals surface area contributed by atoms with Crippen LogP contribution >= 0.6 is 7.82 Å². The standard InChI is InChI=1S/C19H22N5O10P/c1-23-16(27)11-15(22-19(23)20)24(8-21-11)17-13(26)14(34-35(29,30)31)12(25)10(33-17)7-32-18(28)9-5-3-2-4-6-9/h2-6,8,10,12-14,17,25-26H,7H2,1H3,(H2,20,22)(H2,29,30,31)/t10-,12-,13-,14+,17-/m1/s1. The van der Waals surface area contributed by atoms with Crippen LogP contribution in [0, 0.1) is 0 Å². The fourth-order valence-electron chi connectivity index (χ4n) is 3.63. The highest BCUT2D eigenvalue weighted by molar-refractivity contribution is 7.46. The summed E-state index contributed by atoms with van der Waals surface area (Å²) in [6.45, 7) is -0.566. The zero-order chi connectivity index (χ0) is 25.5. The number of esters is 1. The number of ether oxygens (including phenoxy) is 2. The molecular formula is C19H22N5O10P. The van der Waals surface area contributed by atoms with E-state index in [2.05, 4.69) is 14.5 Å². The third-order valence-electron chi connectivity index (χ3n) is 5.42. The largest absolute Gasteiger partial charge is 0.470 e. The molecule has 1 aromatic carbocycles. The molecule has 15 nitrogen and oxygen atoms in total. The first-order valence-electron chi connectivity index (χ1n) is 10.1. The number of carbonyl (C=O) groups is 1. The maximum Gasteiger partial charge on any atom is 0.470 e. The molecule has 1 aliphatic heterocycles. The Bertz CT molecular complexity index is 1340. The van der Waals surface area contributed by atoms with Crippen LogP contribution in [0.4, 0.5) is 5.95 Å². The summed E-state index contributed by atoms with van der Waals surface area (Å²) in [6, 6.07) is 7.93. The van der Waals surface area contributed by atoms with Crippen molar-refractivity contribution in [3.8, 4) is 0 Å². The molecule has 0 amide bonds. The molecule has 5 atom stereocenters. The van der Waals surface area contributed by atoms with Crippen LogP contribution in [0.2, 0.25) is 0 Å². The molecule has 188 valence electrons. The summed E-state index contributed by atoms with van der Waals surface area (Å²) in [5.74, 6) is -0.923. The van der Waals surface area contributed by atoms with E-state index in [1.165, 1.54) is 19.2 Å². The van der Waals surface area contributed by atoms with Gasteiger partial charge in [0.25, 0.3) is 5.56 Å². The van der Waals surface area contributed by atoms with Crippen LogP contribution in [0.3, 0.4) is 0 Å². The van der Waals surface area contributed by atoms with Crippen LogP contribution < -0.4 is 11.3 Å². The van der Waals surface area contributed by atoms with Gasteiger partial charge in [-0.1, -0.05) is 18.2 Å². The van der Waals surface area contributed by atoms with E-state index in [0.29, 0.717) is 0 Å². The Morgan fingerprint density at radius 2 is 1.91 bits per heavy atom. The number of aliphatic hydroxyl groups is 2. The molecule has 1 saturated heterocycles. The number of anilines is 1. The maximum absolute atomic E-state index is 12.4. The average Bonchev–Trinajstić information content (AvgIpc) is 3.23. The summed E-state index contributed by atoms with van der Waals surface area (Å²) in [6.07, 6.45) is -7.39. The van der Waals surface area contributed by atoms with Crippen molar-refractivity contribution >= 4 is 30.9 Å². The van der Waals surface area contributed by atoms with Gasteiger partial charge in [0.15, 0.2) is 17.4 Å². The topological polar surface area (TPSA) is 221 Å². The van der Waals surface area contributed by atoms with Crippen LogP contribution in [0.15, 0.2) is 41.5 Å². The van der Waals surface area contributed by atoms with Crippen LogP contribution in [0.5, 0.6) is 0 Å². The number of nitrogens with zero attached hydrogens (tertiary/aromatic N) is 4. The molecule has 16 heteroatoms. The SMILES string of the molecule is Cn1c(N)nc2c(ncn2[C@@H]2O[C@H](COC(=O)c3ccccc3)[C@@H](O)[C@H](OP(=O)(O)O)[C@H]2O)c1=O. The second kappa shape index (κ2) is 9.47. The first kappa shape index (κ1) is 24.9. The molecule has 2 aromatic heterocycles. The molecule has 0 bridgehead atoms. The number of nitrogen functional groups attached to an aromatic ring is 1. The summed E-state index contributed by atoms with van der Waals surface area (Å²) < 4.78 is 29.2. The third-order valence-corrected chi connectivity index (χ3v) is 5.94. The quantitative estimate of drug-likeness (QED) is 0.191. The average molecular weight is 511 g/mol. The Labute approximate surface area is 196 Å². The van der Waals surface area contributed by atoms with Crippen molar-refractivity contribution in [2.45, 2.75) is 30.6 Å². The minimum Gasteiger partial charge on any atom is -0.459 e. The summed E-state index contributed by atoms with van der Waals surface area (Å²) in [4.78, 5) is 51.4. The van der Waals surface area contributed by atoms with Gasteiger partial charge in [-0.05, 0) is 12.1 Å². The van der Waals surface area contributed by atoms with Gasteiger partial charge in [-0.15, -0.1) is 0 Å². The summed E-state index contributed by atoms with van der Waals surface area (Å²) in [7, 11) is -3.81. The molecule has 0 aliphatic carbocycles. The predicted octanol–water partition coefficient (Wildman–Crippen LogP) is -1.33. The lowest BCUT2D eigenvalue weighted by Gasteiger charge is -2.42. The van der Waals surface area contributed by atoms with Crippen molar-refractivity contribution in [1.29, 1.82) is 0 Å². The molecule has 0 saturated carbocycles. The van der Waals surface area contributed by atoms with Gasteiger partial charge < -0.3 is 35.2 Å². The Morgan fingerprint density at radius 3 is 2.57 bits per heavy atom. The molecule has 0 unspecified atom stereocenters. The smallest absolute Gasteiger partial charge is 0.459 e. The number of nitrogens with two attached hydrogens (primary N) is 1. The number of rotatable bonds is 6. The van der Waals surface area contributed by atoms with E-state index in [0.717, 1.165) is 15.5 Å². The Morgan fingerprint density at radius 1 is 1.23 bits per heavy atom. The molecule has 4 rings (SSSR count). The number of hydrogen-bond donors (Lipinski definition) is 5. The maximum atomic E-state index is 12.4. The molecule has 3 heterocycles. The zero-order valence-electron chi connectivity index (χ0n) is 18.1. The van der Waals surface area contributed by atoms with Crippen LogP contribution in [0.1, 0.15) is 16.6 Å². The number of imidazole rings is 1. The minimum atomic E-state index is -5.19. The van der Waals surface area contributed by atoms with E-state index < -0.39 is 56.6 Å². The second-order valence-corrected chi connectivity index (χ2v) is 8.92. The Balaban J connectivity index is 1.67. The van der Waals surface area contributed by atoms with Gasteiger partial charge >= 0.3 is 13.8 Å². The molecule has 35 heavy (non-hydrogen) atoms. The van der Waals surface area contributed by atoms with Gasteiger partial charge in [-0.3, -0.25) is 18.5 Å². The number of phosphoric ester groups is 1. The number of benzene rings is 1. The van der Waals surface area contributed by atoms with Crippen LogP contribution in [-0.2, 0) is 25.6 Å². The number of carbonyl (C=O) groups excluding carboxylic acids is 1. The van der Waals surface area contributed by atoms with Crippen molar-refractivity contribution < 1.29 is 43.4 Å². The molecule has 3 aromatic rings. The van der Waals surface area contributed by atoms with Gasteiger partial charge in [0.05, 0.1) is 11.9 Å². The molecule has 0 radical (unpaired) electrons. The van der Waals surface area contributed by atoms with E-state index in [-0.39, 0.29) is 22.7 Å². The lowest BCUT2D eigenvalue weighted by atomic mass is 9.98. The van der Waals surface area contributed by atoms with Gasteiger partial charge in [-0.2, -0.15) is 4.98 Å². The predicted molar refractivity (Wildman–Crippen MR) is 117 cm³/mol. The van der Waals surface area contributed by atoms with Gasteiger partial charge in [0.1, 0.15) is 31.0 Å². The molecular weight excluding hydrogens is 489 g/mol. The fourth-order valence-corrected chi connectivity index (χ4v) is 4.20. The van der Waals surface area contributed by atoms with Crippen molar-refractivity contribution in [2.24, 2.45) is 7.05 Å². The van der Waals surface area contributed by atoms with E-state index >= 15 is 0 Å². The number of aliphatic hydroxyl groups excluding tert-OH is 2. The van der Waals surface area contributed by atoms with Crippen molar-refractivity contribution in [3.05, 3.63) is 52.6 Å². The van der Waals surface area contributed by atoms with E-state index in [9.17, 15) is 34.2 Å². The summed E-state index contributed by atoms with van der Waals surface area (Å²) >= 11 is 0. The van der Waals surface area contributed by atoms with Gasteiger partial charge in [0, 0.05) is 7.05 Å². The second-order valence-electron chi connectivity index (χ2n) is 7.73. The number of fused-ring (bicyclic) bond motifs is 1. The van der Waals surface area contributed by atoms with E-state index in [4.69, 9.17) is 15.2 Å². The van der Waals surface area contributed by atoms with Gasteiger partial charge in [-0.25, -0.2) is 14.3 Å². The summed E-state index contributed by atoms with van der Waals surface area (Å²) in [5, 5.41) is 21.4. The van der Waals surface area contributed by atoms with Gasteiger partial charge in [0.2, 0.25) is 5.95 Å². The molecule has 1 aliphatic rings. The monoisotopic (exact) mass is 511 g/mol. The van der Waals surface area contributed by atoms with Crippen molar-refractivity contribution in [2.75, 3.05) is 12.3 Å². The number of aromatic nitrogens is 4. The fraction of sp³-hybridized carbons (Fsp3) is 0.368. The molecule has 0 spiro atoms.